The highest BCUT2D eigenvalue weighted by Crippen LogP contribution is 2.35. The average molecular weight is 219 g/mol. The third-order valence-electron chi connectivity index (χ3n) is 3.21. The molecule has 1 aliphatic heterocycles. The van der Waals surface area contributed by atoms with Crippen molar-refractivity contribution in [1.82, 2.24) is 0 Å². The molecule has 0 atom stereocenters. The zero-order valence-corrected chi connectivity index (χ0v) is 9.31. The summed E-state index contributed by atoms with van der Waals surface area (Å²) < 4.78 is 0. The summed E-state index contributed by atoms with van der Waals surface area (Å²) in [6.45, 7) is 0. The molecule has 0 spiro atoms. The van der Waals surface area contributed by atoms with Gasteiger partial charge in [-0.3, -0.25) is 0 Å². The molecular formula is C12H13NOS. The highest BCUT2D eigenvalue weighted by atomic mass is 32.2. The highest BCUT2D eigenvalue weighted by Gasteiger charge is 2.20. The van der Waals surface area contributed by atoms with Gasteiger partial charge in [0.1, 0.15) is 0 Å². The first-order valence-electron chi connectivity index (χ1n) is 5.38. The molecule has 1 aromatic carbocycles. The lowest BCUT2D eigenvalue weighted by Gasteiger charge is -2.18. The van der Waals surface area contributed by atoms with Crippen LogP contribution in [0, 0.1) is 0 Å². The number of hydrogen-bond acceptors (Lipinski definition) is 3. The summed E-state index contributed by atoms with van der Waals surface area (Å²) in [6.07, 6.45) is 4.34. The second-order valence-electron chi connectivity index (χ2n) is 4.12. The Hall–Kier alpha value is -0.960. The number of fused-ring (bicyclic) bond motifs is 2. The number of hydrogen-bond donors (Lipinski definition) is 1. The smallest absolute Gasteiger partial charge is 0.0871 e. The van der Waals surface area contributed by atoms with Crippen LogP contribution in [-0.2, 0) is 12.8 Å². The van der Waals surface area contributed by atoms with Crippen LogP contribution >= 0.6 is 11.8 Å². The van der Waals surface area contributed by atoms with E-state index in [9.17, 15) is 0 Å². The van der Waals surface area contributed by atoms with E-state index in [2.05, 4.69) is 17.3 Å². The fourth-order valence-electron chi connectivity index (χ4n) is 2.44. The van der Waals surface area contributed by atoms with Gasteiger partial charge < -0.3 is 5.21 Å². The fourth-order valence-corrected chi connectivity index (χ4v) is 3.53. The number of benzene rings is 1. The Labute approximate surface area is 93.4 Å². The van der Waals surface area contributed by atoms with E-state index >= 15 is 0 Å². The average Bonchev–Trinajstić information content (AvgIpc) is 2.72. The minimum Gasteiger partial charge on any atom is -0.411 e. The minimum atomic E-state index is 0.867. The standard InChI is InChI=1S/C12H13NOS/c14-13-11-3-1-2-8-6-9-4-5-15-12(9)7-10(8)11/h6-7,14H,1-5H2/b13-11+. The minimum absolute atomic E-state index is 0.867. The Balaban J connectivity index is 2.16. The maximum Gasteiger partial charge on any atom is 0.0871 e. The molecule has 0 unspecified atom stereocenters. The van der Waals surface area contributed by atoms with Crippen LogP contribution in [0.4, 0.5) is 0 Å². The summed E-state index contributed by atoms with van der Waals surface area (Å²) >= 11 is 1.92. The highest BCUT2D eigenvalue weighted by molar-refractivity contribution is 7.99. The molecule has 0 saturated carbocycles. The maximum atomic E-state index is 8.97. The van der Waals surface area contributed by atoms with E-state index in [1.165, 1.54) is 33.8 Å². The van der Waals surface area contributed by atoms with E-state index in [4.69, 9.17) is 5.21 Å². The molecule has 15 heavy (non-hydrogen) atoms. The molecule has 1 aromatic rings. The summed E-state index contributed by atoms with van der Waals surface area (Å²) in [6, 6.07) is 4.53. The third kappa shape index (κ3) is 1.46. The van der Waals surface area contributed by atoms with Gasteiger partial charge in [-0.05, 0) is 42.9 Å². The number of rotatable bonds is 0. The van der Waals surface area contributed by atoms with Gasteiger partial charge in [0, 0.05) is 16.2 Å². The molecule has 0 saturated heterocycles. The number of thioether (sulfide) groups is 1. The predicted molar refractivity (Wildman–Crippen MR) is 62.1 cm³/mol. The molecule has 0 aromatic heterocycles. The van der Waals surface area contributed by atoms with Gasteiger partial charge in [-0.15, -0.1) is 11.8 Å². The van der Waals surface area contributed by atoms with Gasteiger partial charge in [-0.25, -0.2) is 0 Å². The Bertz CT molecular complexity index is 439. The third-order valence-corrected chi connectivity index (χ3v) is 4.31. The lowest BCUT2D eigenvalue weighted by Crippen LogP contribution is -2.12. The zero-order chi connectivity index (χ0) is 10.3. The summed E-state index contributed by atoms with van der Waals surface area (Å²) in [5, 5.41) is 12.4. The lowest BCUT2D eigenvalue weighted by atomic mass is 9.88. The molecule has 0 fully saturated rings. The normalized spacial score (nSPS) is 21.5. The van der Waals surface area contributed by atoms with Gasteiger partial charge in [-0.2, -0.15) is 0 Å². The summed E-state index contributed by atoms with van der Waals surface area (Å²) in [4.78, 5) is 1.39. The van der Waals surface area contributed by atoms with Crippen molar-refractivity contribution in [2.24, 2.45) is 5.16 Å². The number of aryl methyl sites for hydroxylation is 2. The van der Waals surface area contributed by atoms with Crippen LogP contribution in [0.25, 0.3) is 0 Å². The van der Waals surface area contributed by atoms with E-state index in [0.29, 0.717) is 0 Å². The van der Waals surface area contributed by atoms with Crippen molar-refractivity contribution in [2.45, 2.75) is 30.6 Å². The van der Waals surface area contributed by atoms with Crippen LogP contribution < -0.4 is 0 Å². The summed E-state index contributed by atoms with van der Waals surface area (Å²) in [5.74, 6) is 1.20. The largest absolute Gasteiger partial charge is 0.411 e. The quantitative estimate of drug-likeness (QED) is 0.537. The first-order valence-corrected chi connectivity index (χ1v) is 6.37. The molecule has 0 bridgehead atoms. The van der Waals surface area contributed by atoms with Crippen LogP contribution in [0.2, 0.25) is 0 Å². The molecule has 1 N–H and O–H groups in total. The van der Waals surface area contributed by atoms with Gasteiger partial charge in [0.2, 0.25) is 0 Å². The van der Waals surface area contributed by atoms with Gasteiger partial charge in [0.15, 0.2) is 0 Å². The molecular weight excluding hydrogens is 206 g/mol. The van der Waals surface area contributed by atoms with Crippen molar-refractivity contribution < 1.29 is 5.21 Å². The Morgan fingerprint density at radius 2 is 2.07 bits per heavy atom. The second kappa shape index (κ2) is 3.56. The van der Waals surface area contributed by atoms with E-state index in [1.807, 2.05) is 11.8 Å². The van der Waals surface area contributed by atoms with E-state index in [1.54, 1.807) is 0 Å². The van der Waals surface area contributed by atoms with Crippen molar-refractivity contribution in [3.63, 3.8) is 0 Å². The molecule has 1 aliphatic carbocycles. The SMILES string of the molecule is O/N=C1\CCCc2cc3c(cc21)SCC3. The van der Waals surface area contributed by atoms with Gasteiger partial charge >= 0.3 is 0 Å². The Morgan fingerprint density at radius 1 is 1.13 bits per heavy atom. The summed E-state index contributed by atoms with van der Waals surface area (Å²) in [7, 11) is 0. The van der Waals surface area contributed by atoms with Crippen LogP contribution in [0.5, 0.6) is 0 Å². The van der Waals surface area contributed by atoms with Crippen molar-refractivity contribution in [3.05, 3.63) is 28.8 Å². The molecule has 2 aliphatic rings. The maximum absolute atomic E-state index is 8.97. The van der Waals surface area contributed by atoms with Crippen LogP contribution in [0.1, 0.15) is 29.5 Å². The van der Waals surface area contributed by atoms with Crippen LogP contribution in [-0.4, -0.2) is 16.7 Å². The van der Waals surface area contributed by atoms with Crippen LogP contribution in [0.3, 0.4) is 0 Å². The lowest BCUT2D eigenvalue weighted by molar-refractivity contribution is 0.317. The Kier molecular flexibility index (Phi) is 2.20. The van der Waals surface area contributed by atoms with Crippen molar-refractivity contribution >= 4 is 17.5 Å². The first-order chi connectivity index (χ1) is 7.38. The Morgan fingerprint density at radius 3 is 2.93 bits per heavy atom. The zero-order valence-electron chi connectivity index (χ0n) is 8.49. The molecule has 0 amide bonds. The first kappa shape index (κ1) is 9.28. The van der Waals surface area contributed by atoms with Crippen molar-refractivity contribution in [2.75, 3.05) is 5.75 Å². The second-order valence-corrected chi connectivity index (χ2v) is 5.25. The molecule has 78 valence electrons. The molecule has 1 heterocycles. The number of oxime groups is 1. The molecule has 0 radical (unpaired) electrons. The van der Waals surface area contributed by atoms with Gasteiger partial charge in [-0.1, -0.05) is 11.2 Å². The fraction of sp³-hybridized carbons (Fsp3) is 0.417. The topological polar surface area (TPSA) is 32.6 Å². The van der Waals surface area contributed by atoms with E-state index < -0.39 is 0 Å². The number of nitrogens with zero attached hydrogens (tertiary/aromatic N) is 1. The predicted octanol–water partition coefficient (Wildman–Crippen LogP) is 2.85. The van der Waals surface area contributed by atoms with Crippen molar-refractivity contribution in [1.29, 1.82) is 0 Å². The molecule has 3 heteroatoms. The van der Waals surface area contributed by atoms with Crippen LogP contribution in [0.15, 0.2) is 22.2 Å². The van der Waals surface area contributed by atoms with E-state index in [0.717, 1.165) is 25.0 Å². The van der Waals surface area contributed by atoms with Gasteiger partial charge in [0.25, 0.3) is 0 Å². The van der Waals surface area contributed by atoms with Gasteiger partial charge in [0.05, 0.1) is 5.71 Å². The monoisotopic (exact) mass is 219 g/mol. The summed E-state index contributed by atoms with van der Waals surface area (Å²) in [5.41, 5.74) is 4.90. The molecule has 2 nitrogen and oxygen atoms in total. The molecule has 3 rings (SSSR count). The van der Waals surface area contributed by atoms with Crippen molar-refractivity contribution in [3.8, 4) is 0 Å². The van der Waals surface area contributed by atoms with E-state index in [-0.39, 0.29) is 0 Å².